The maximum atomic E-state index is 13.4. The van der Waals surface area contributed by atoms with Crippen molar-refractivity contribution in [3.05, 3.63) is 48.0 Å². The summed E-state index contributed by atoms with van der Waals surface area (Å²) < 4.78 is 38.2. The predicted molar refractivity (Wildman–Crippen MR) is 104 cm³/mol. The molecule has 8 heteroatoms. The van der Waals surface area contributed by atoms with Gasteiger partial charge in [-0.3, -0.25) is 9.10 Å². The predicted octanol–water partition coefficient (Wildman–Crippen LogP) is 2.34. The molecule has 0 aliphatic carbocycles. The van der Waals surface area contributed by atoms with Crippen molar-refractivity contribution < 1.29 is 22.7 Å². The molecule has 146 valence electrons. The van der Waals surface area contributed by atoms with Gasteiger partial charge in [0.15, 0.2) is 0 Å². The maximum Gasteiger partial charge on any atom is 0.268 e. The van der Waals surface area contributed by atoms with Crippen LogP contribution < -0.4 is 19.1 Å². The van der Waals surface area contributed by atoms with E-state index < -0.39 is 15.9 Å². The Hall–Kier alpha value is -2.74. The molecule has 0 radical (unpaired) electrons. The zero-order valence-electron chi connectivity index (χ0n) is 15.9. The minimum atomic E-state index is -4.05. The fourth-order valence-electron chi connectivity index (χ4n) is 2.55. The monoisotopic (exact) mass is 392 g/mol. The highest BCUT2D eigenvalue weighted by molar-refractivity contribution is 7.93. The van der Waals surface area contributed by atoms with Crippen LogP contribution >= 0.6 is 0 Å². The number of carbonyl (C=O) groups is 1. The van der Waals surface area contributed by atoms with Crippen LogP contribution in [0.3, 0.4) is 0 Å². The van der Waals surface area contributed by atoms with Crippen molar-refractivity contribution in [2.75, 3.05) is 31.6 Å². The fraction of sp³-hybridized carbons (Fsp3) is 0.316. The Morgan fingerprint density at radius 2 is 1.74 bits per heavy atom. The number of hydrogen-bond donors (Lipinski definition) is 1. The Morgan fingerprint density at radius 3 is 2.30 bits per heavy atom. The van der Waals surface area contributed by atoms with Gasteiger partial charge in [0.25, 0.3) is 10.0 Å². The zero-order chi connectivity index (χ0) is 20.0. The molecular weight excluding hydrogens is 368 g/mol. The van der Waals surface area contributed by atoms with Crippen molar-refractivity contribution in [3.8, 4) is 11.5 Å². The lowest BCUT2D eigenvalue weighted by Crippen LogP contribution is -2.41. The van der Waals surface area contributed by atoms with E-state index in [2.05, 4.69) is 5.32 Å². The number of ether oxygens (including phenoxy) is 2. The summed E-state index contributed by atoms with van der Waals surface area (Å²) in [4.78, 5) is 12.2. The van der Waals surface area contributed by atoms with Crippen molar-refractivity contribution >= 4 is 21.6 Å². The number of nitrogens with one attached hydrogen (secondary N) is 1. The van der Waals surface area contributed by atoms with Crippen LogP contribution in [0.15, 0.2) is 47.4 Å². The maximum absolute atomic E-state index is 13.4. The van der Waals surface area contributed by atoms with E-state index in [1.54, 1.807) is 50.2 Å². The molecule has 1 amide bonds. The quantitative estimate of drug-likeness (QED) is 0.745. The number of anilines is 1. The summed E-state index contributed by atoms with van der Waals surface area (Å²) in [6, 6.07) is 11.4. The number of amides is 1. The summed E-state index contributed by atoms with van der Waals surface area (Å²) in [6.07, 6.45) is 0. The molecule has 0 bridgehead atoms. The van der Waals surface area contributed by atoms with Gasteiger partial charge in [0, 0.05) is 6.54 Å². The molecule has 27 heavy (non-hydrogen) atoms. The zero-order valence-corrected chi connectivity index (χ0v) is 16.7. The van der Waals surface area contributed by atoms with Crippen molar-refractivity contribution in [1.82, 2.24) is 5.32 Å². The first kappa shape index (κ1) is 20.6. The summed E-state index contributed by atoms with van der Waals surface area (Å²) in [5, 5.41) is 2.63. The molecular formula is C19H24N2O5S. The first-order valence-electron chi connectivity index (χ1n) is 8.41. The van der Waals surface area contributed by atoms with E-state index in [1.807, 2.05) is 0 Å². The minimum Gasteiger partial charge on any atom is -0.497 e. The third-order valence-electron chi connectivity index (χ3n) is 3.91. The molecule has 0 aliphatic rings. The van der Waals surface area contributed by atoms with E-state index in [1.165, 1.54) is 20.3 Å². The van der Waals surface area contributed by atoms with Gasteiger partial charge in [0.2, 0.25) is 5.91 Å². The lowest BCUT2D eigenvalue weighted by molar-refractivity contribution is -0.119. The van der Waals surface area contributed by atoms with Crippen molar-refractivity contribution in [2.45, 2.75) is 18.7 Å². The van der Waals surface area contributed by atoms with Gasteiger partial charge in [-0.2, -0.15) is 0 Å². The number of benzene rings is 2. The Labute approximate surface area is 160 Å². The van der Waals surface area contributed by atoms with Crippen LogP contribution in [0.4, 0.5) is 5.69 Å². The first-order valence-corrected chi connectivity index (χ1v) is 9.85. The van der Waals surface area contributed by atoms with Crippen LogP contribution in [0.2, 0.25) is 0 Å². The summed E-state index contributed by atoms with van der Waals surface area (Å²) >= 11 is 0. The Bertz CT molecular complexity index is 895. The standard InChI is InChI=1S/C19H24N2O5S/c1-5-20-19(22)13-21(15-7-9-16(25-3)10-8-15)27(23,24)18-12-14(2)6-11-17(18)26-4/h6-12H,5,13H2,1-4H3,(H,20,22). The lowest BCUT2D eigenvalue weighted by atomic mass is 10.2. The largest absolute Gasteiger partial charge is 0.497 e. The van der Waals surface area contributed by atoms with Crippen LogP contribution in [-0.2, 0) is 14.8 Å². The van der Waals surface area contributed by atoms with Crippen LogP contribution in [0.5, 0.6) is 11.5 Å². The Kier molecular flexibility index (Phi) is 6.68. The molecule has 1 N–H and O–H groups in total. The molecule has 0 spiro atoms. The smallest absolute Gasteiger partial charge is 0.268 e. The molecule has 2 rings (SSSR count). The molecule has 0 aromatic heterocycles. The van der Waals surface area contributed by atoms with Crippen molar-refractivity contribution in [2.24, 2.45) is 0 Å². The molecule has 0 saturated heterocycles. The number of rotatable bonds is 8. The van der Waals surface area contributed by atoms with Crippen LogP contribution in [0.1, 0.15) is 12.5 Å². The number of aryl methyl sites for hydroxylation is 1. The first-order chi connectivity index (χ1) is 12.8. The van der Waals surface area contributed by atoms with E-state index in [0.717, 1.165) is 9.87 Å². The number of hydrogen-bond acceptors (Lipinski definition) is 5. The lowest BCUT2D eigenvalue weighted by Gasteiger charge is -2.25. The SMILES string of the molecule is CCNC(=O)CN(c1ccc(OC)cc1)S(=O)(=O)c1cc(C)ccc1OC. The Balaban J connectivity index is 2.56. The molecule has 0 fully saturated rings. The molecule has 0 atom stereocenters. The third-order valence-corrected chi connectivity index (χ3v) is 5.70. The van der Waals surface area contributed by atoms with Gasteiger partial charge < -0.3 is 14.8 Å². The number of likely N-dealkylation sites (N-methyl/N-ethyl adjacent to an activating group) is 1. The molecule has 7 nitrogen and oxygen atoms in total. The van der Waals surface area contributed by atoms with Gasteiger partial charge in [-0.1, -0.05) is 6.07 Å². The summed E-state index contributed by atoms with van der Waals surface area (Å²) in [6.45, 7) is 3.62. The average Bonchev–Trinajstić information content (AvgIpc) is 2.66. The van der Waals surface area contributed by atoms with E-state index in [9.17, 15) is 13.2 Å². The fourth-order valence-corrected chi connectivity index (χ4v) is 4.22. The molecule has 0 unspecified atom stereocenters. The highest BCUT2D eigenvalue weighted by Gasteiger charge is 2.30. The van der Waals surface area contributed by atoms with Crippen molar-refractivity contribution in [1.29, 1.82) is 0 Å². The second-order valence-electron chi connectivity index (χ2n) is 5.82. The molecule has 0 saturated carbocycles. The third kappa shape index (κ3) is 4.71. The van der Waals surface area contributed by atoms with E-state index in [-0.39, 0.29) is 17.2 Å². The average molecular weight is 392 g/mol. The van der Waals surface area contributed by atoms with Gasteiger partial charge >= 0.3 is 0 Å². The van der Waals surface area contributed by atoms with Gasteiger partial charge in [0.05, 0.1) is 19.9 Å². The number of carbonyl (C=O) groups excluding carboxylic acids is 1. The van der Waals surface area contributed by atoms with Crippen molar-refractivity contribution in [3.63, 3.8) is 0 Å². The summed E-state index contributed by atoms with van der Waals surface area (Å²) in [5.74, 6) is 0.403. The van der Waals surface area contributed by atoms with Gasteiger partial charge in [-0.15, -0.1) is 0 Å². The van der Waals surface area contributed by atoms with E-state index in [4.69, 9.17) is 9.47 Å². The van der Waals surface area contributed by atoms with Crippen LogP contribution in [-0.4, -0.2) is 41.6 Å². The normalized spacial score (nSPS) is 11.0. The van der Waals surface area contributed by atoms with Gasteiger partial charge in [0.1, 0.15) is 22.9 Å². The van der Waals surface area contributed by atoms with Crippen LogP contribution in [0, 0.1) is 6.92 Å². The number of nitrogens with zero attached hydrogens (tertiary/aromatic N) is 1. The number of methoxy groups -OCH3 is 2. The van der Waals surface area contributed by atoms with Gasteiger partial charge in [-0.25, -0.2) is 8.42 Å². The Morgan fingerprint density at radius 1 is 1.07 bits per heavy atom. The highest BCUT2D eigenvalue weighted by Crippen LogP contribution is 2.31. The summed E-state index contributed by atoms with van der Waals surface area (Å²) in [5.41, 5.74) is 1.12. The second-order valence-corrected chi connectivity index (χ2v) is 7.65. The highest BCUT2D eigenvalue weighted by atomic mass is 32.2. The number of sulfonamides is 1. The molecule has 2 aromatic rings. The topological polar surface area (TPSA) is 84.9 Å². The molecule has 0 aliphatic heterocycles. The van der Waals surface area contributed by atoms with E-state index in [0.29, 0.717) is 18.0 Å². The summed E-state index contributed by atoms with van der Waals surface area (Å²) in [7, 11) is -1.11. The minimum absolute atomic E-state index is 0.00474. The molecule has 2 aromatic carbocycles. The van der Waals surface area contributed by atoms with Gasteiger partial charge in [-0.05, 0) is 55.8 Å². The van der Waals surface area contributed by atoms with Crippen LogP contribution in [0.25, 0.3) is 0 Å². The molecule has 0 heterocycles. The van der Waals surface area contributed by atoms with E-state index >= 15 is 0 Å². The second kappa shape index (κ2) is 8.77.